The Labute approximate surface area is 124 Å². The van der Waals surface area contributed by atoms with Crippen LogP contribution in [-0.2, 0) is 4.74 Å². The molecule has 1 atom stereocenters. The third-order valence-corrected chi connectivity index (χ3v) is 3.97. The summed E-state index contributed by atoms with van der Waals surface area (Å²) in [6.45, 7) is 12.5. The van der Waals surface area contributed by atoms with Crippen LogP contribution in [0.15, 0.2) is 0 Å². The third-order valence-electron chi connectivity index (χ3n) is 3.97. The lowest BCUT2D eigenvalue weighted by Gasteiger charge is -2.34. The number of hydrogen-bond acceptors (Lipinski definition) is 3. The van der Waals surface area contributed by atoms with E-state index in [2.05, 4.69) is 26.1 Å². The Morgan fingerprint density at radius 1 is 1.20 bits per heavy atom. The first kappa shape index (κ1) is 19.2. The molecule has 0 heterocycles. The van der Waals surface area contributed by atoms with Crippen LogP contribution in [0, 0.1) is 11.3 Å². The van der Waals surface area contributed by atoms with Crippen LogP contribution in [0.1, 0.15) is 67.2 Å². The fraction of sp³-hybridized carbons (Fsp3) is 0.938. The fourth-order valence-corrected chi connectivity index (χ4v) is 2.34. The van der Waals surface area contributed by atoms with Crippen molar-refractivity contribution >= 4 is 6.09 Å². The number of carbonyl (C=O) groups excluding carboxylic acids is 1. The number of ether oxygens (including phenoxy) is 1. The van der Waals surface area contributed by atoms with E-state index in [1.54, 1.807) is 0 Å². The van der Waals surface area contributed by atoms with Gasteiger partial charge in [0.2, 0.25) is 0 Å². The van der Waals surface area contributed by atoms with Crippen molar-refractivity contribution in [2.45, 2.75) is 72.8 Å². The lowest BCUT2D eigenvalue weighted by Crippen LogP contribution is -2.43. The monoisotopic (exact) mass is 287 g/mol. The minimum atomic E-state index is -0.493. The zero-order chi connectivity index (χ0) is 15.8. The van der Waals surface area contributed by atoms with Gasteiger partial charge in [-0.3, -0.25) is 0 Å². The smallest absolute Gasteiger partial charge is 0.407 e. The summed E-state index contributed by atoms with van der Waals surface area (Å²) >= 11 is 0. The molecule has 0 radical (unpaired) electrons. The number of carbonyl (C=O) groups is 1. The number of aliphatic hydroxyl groups is 1. The Bertz CT molecular complexity index is 276. The Kier molecular flexibility index (Phi) is 8.17. The van der Waals surface area contributed by atoms with Crippen molar-refractivity contribution in [2.75, 3.05) is 13.2 Å². The lowest BCUT2D eigenvalue weighted by atomic mass is 9.76. The van der Waals surface area contributed by atoms with Crippen molar-refractivity contribution in [2.24, 2.45) is 11.3 Å². The van der Waals surface area contributed by atoms with Crippen LogP contribution in [0.5, 0.6) is 0 Å². The van der Waals surface area contributed by atoms with Crippen molar-refractivity contribution < 1.29 is 14.6 Å². The molecule has 0 rings (SSSR count). The Morgan fingerprint density at radius 2 is 1.75 bits per heavy atom. The van der Waals surface area contributed by atoms with Crippen molar-refractivity contribution in [3.8, 4) is 0 Å². The first-order chi connectivity index (χ1) is 9.21. The highest BCUT2D eigenvalue weighted by Crippen LogP contribution is 2.32. The molecule has 0 aliphatic carbocycles. The highest BCUT2D eigenvalue weighted by Gasteiger charge is 2.31. The molecule has 4 nitrogen and oxygen atoms in total. The summed E-state index contributed by atoms with van der Waals surface area (Å²) < 4.78 is 5.25. The van der Waals surface area contributed by atoms with Crippen molar-refractivity contribution in [3.63, 3.8) is 0 Å². The van der Waals surface area contributed by atoms with Crippen LogP contribution < -0.4 is 5.32 Å². The van der Waals surface area contributed by atoms with Crippen LogP contribution in [0.2, 0.25) is 0 Å². The van der Waals surface area contributed by atoms with E-state index in [4.69, 9.17) is 4.74 Å². The maximum Gasteiger partial charge on any atom is 0.407 e. The Hall–Kier alpha value is -0.770. The quantitative estimate of drug-likeness (QED) is 0.715. The van der Waals surface area contributed by atoms with Gasteiger partial charge in [-0.1, -0.05) is 33.6 Å². The lowest BCUT2D eigenvalue weighted by molar-refractivity contribution is 0.0424. The Morgan fingerprint density at radius 3 is 2.10 bits per heavy atom. The molecule has 0 aromatic rings. The summed E-state index contributed by atoms with van der Waals surface area (Å²) in [5.74, 6) is 0.586. The van der Waals surface area contributed by atoms with Gasteiger partial charge in [0, 0.05) is 12.0 Å². The standard InChI is InChI=1S/C16H33NO3/c1-7-13(8-2)10-16(9-3,12-18)11-17-14(19)20-15(4,5)6/h13,18H,7-12H2,1-6H3,(H,17,19). The molecule has 20 heavy (non-hydrogen) atoms. The van der Waals surface area contributed by atoms with Gasteiger partial charge in [-0.15, -0.1) is 0 Å². The summed E-state index contributed by atoms with van der Waals surface area (Å²) in [5, 5.41) is 12.6. The van der Waals surface area contributed by atoms with Crippen LogP contribution in [0.4, 0.5) is 4.79 Å². The maximum absolute atomic E-state index is 11.7. The summed E-state index contributed by atoms with van der Waals surface area (Å²) in [4.78, 5) is 11.7. The highest BCUT2D eigenvalue weighted by atomic mass is 16.6. The number of rotatable bonds is 8. The predicted molar refractivity (Wildman–Crippen MR) is 82.7 cm³/mol. The van der Waals surface area contributed by atoms with Crippen LogP contribution in [0.3, 0.4) is 0 Å². The van der Waals surface area contributed by atoms with Gasteiger partial charge in [-0.25, -0.2) is 4.79 Å². The van der Waals surface area contributed by atoms with Gasteiger partial charge in [0.25, 0.3) is 0 Å². The van der Waals surface area contributed by atoms with Crippen LogP contribution in [-0.4, -0.2) is 30.0 Å². The molecule has 1 amide bonds. The molecule has 120 valence electrons. The average molecular weight is 287 g/mol. The molecule has 0 spiro atoms. The molecular weight excluding hydrogens is 254 g/mol. The predicted octanol–water partition coefficient (Wildman–Crippen LogP) is 3.73. The second-order valence-corrected chi connectivity index (χ2v) is 6.75. The summed E-state index contributed by atoms with van der Waals surface area (Å²) in [6, 6.07) is 0. The van der Waals surface area contributed by atoms with E-state index in [0.29, 0.717) is 12.5 Å². The van der Waals surface area contributed by atoms with E-state index in [9.17, 15) is 9.90 Å². The molecule has 0 aromatic heterocycles. The van der Waals surface area contributed by atoms with Crippen LogP contribution in [0.25, 0.3) is 0 Å². The van der Waals surface area contributed by atoms with Gasteiger partial charge in [0.1, 0.15) is 5.60 Å². The van der Waals surface area contributed by atoms with Gasteiger partial charge in [-0.2, -0.15) is 0 Å². The van der Waals surface area contributed by atoms with E-state index < -0.39 is 11.7 Å². The number of hydrogen-bond donors (Lipinski definition) is 2. The molecule has 0 saturated carbocycles. The summed E-state index contributed by atoms with van der Waals surface area (Å²) in [7, 11) is 0. The second kappa shape index (κ2) is 8.50. The molecule has 0 bridgehead atoms. The van der Waals surface area contributed by atoms with Gasteiger partial charge >= 0.3 is 6.09 Å². The van der Waals surface area contributed by atoms with Crippen LogP contribution >= 0.6 is 0 Å². The van der Waals surface area contributed by atoms with Crippen molar-refractivity contribution in [1.29, 1.82) is 0 Å². The molecule has 4 heteroatoms. The van der Waals surface area contributed by atoms with E-state index in [1.807, 2.05) is 20.8 Å². The molecule has 0 fully saturated rings. The molecule has 0 saturated heterocycles. The van der Waals surface area contributed by atoms with Crippen molar-refractivity contribution in [1.82, 2.24) is 5.32 Å². The molecule has 1 unspecified atom stereocenters. The number of amides is 1. The SMILES string of the molecule is CCC(CC)CC(CC)(CO)CNC(=O)OC(C)(C)C. The molecule has 0 aliphatic rings. The molecule has 2 N–H and O–H groups in total. The number of nitrogens with one attached hydrogen (secondary N) is 1. The molecular formula is C16H33NO3. The van der Waals surface area contributed by atoms with Crippen molar-refractivity contribution in [3.05, 3.63) is 0 Å². The summed E-state index contributed by atoms with van der Waals surface area (Å²) in [5.41, 5.74) is -0.735. The van der Waals surface area contributed by atoms with Gasteiger partial charge in [0.15, 0.2) is 0 Å². The number of aliphatic hydroxyl groups excluding tert-OH is 1. The normalized spacial score (nSPS) is 15.0. The first-order valence-electron chi connectivity index (χ1n) is 7.79. The highest BCUT2D eigenvalue weighted by molar-refractivity contribution is 5.67. The van der Waals surface area contributed by atoms with E-state index in [0.717, 1.165) is 25.7 Å². The topological polar surface area (TPSA) is 58.6 Å². The average Bonchev–Trinajstić information content (AvgIpc) is 2.38. The second-order valence-electron chi connectivity index (χ2n) is 6.75. The third kappa shape index (κ3) is 7.13. The number of alkyl carbamates (subject to hydrolysis) is 1. The first-order valence-corrected chi connectivity index (χ1v) is 7.79. The van der Waals surface area contributed by atoms with Gasteiger partial charge < -0.3 is 15.2 Å². The minimum absolute atomic E-state index is 0.0931. The molecule has 0 aliphatic heterocycles. The van der Waals surface area contributed by atoms with E-state index >= 15 is 0 Å². The minimum Gasteiger partial charge on any atom is -0.444 e. The van der Waals surface area contributed by atoms with Gasteiger partial charge in [0.05, 0.1) is 6.61 Å². The zero-order valence-corrected chi connectivity index (χ0v) is 14.1. The van der Waals surface area contributed by atoms with E-state index in [-0.39, 0.29) is 12.0 Å². The fourth-order valence-electron chi connectivity index (χ4n) is 2.34. The van der Waals surface area contributed by atoms with Gasteiger partial charge in [-0.05, 0) is 39.5 Å². The van der Waals surface area contributed by atoms with E-state index in [1.165, 1.54) is 0 Å². The zero-order valence-electron chi connectivity index (χ0n) is 14.1. The largest absolute Gasteiger partial charge is 0.444 e. The Balaban J connectivity index is 4.57. The summed E-state index contributed by atoms with van der Waals surface area (Å²) in [6.07, 6.45) is 3.57. The molecule has 0 aromatic carbocycles. The maximum atomic E-state index is 11.7.